The Kier molecular flexibility index (Phi) is 5.60. The molecule has 0 saturated carbocycles. The fourth-order valence-electron chi connectivity index (χ4n) is 3.59. The minimum absolute atomic E-state index is 0.577. The van der Waals surface area contributed by atoms with Crippen LogP contribution >= 0.6 is 23.2 Å². The second-order valence-corrected chi connectivity index (χ2v) is 7.47. The average molecular weight is 413 g/mol. The highest BCUT2D eigenvalue weighted by Crippen LogP contribution is 2.33. The minimum Gasteiger partial charge on any atom is -0.369 e. The van der Waals surface area contributed by atoms with Crippen LogP contribution in [0.1, 0.15) is 0 Å². The first-order valence-electron chi connectivity index (χ1n) is 9.28. The van der Waals surface area contributed by atoms with E-state index in [0.29, 0.717) is 11.8 Å². The van der Waals surface area contributed by atoms with Crippen LogP contribution in [0.25, 0.3) is 21.8 Å². The average Bonchev–Trinajstić information content (AvgIpc) is 3.19. The second-order valence-electron chi connectivity index (χ2n) is 6.71. The number of benzene rings is 2. The van der Waals surface area contributed by atoms with Gasteiger partial charge in [0.15, 0.2) is 0 Å². The van der Waals surface area contributed by atoms with Crippen LogP contribution in [-0.4, -0.2) is 34.4 Å². The molecule has 144 valence electrons. The summed E-state index contributed by atoms with van der Waals surface area (Å²) in [6.45, 7) is 1.56. The molecule has 0 saturated heterocycles. The molecule has 0 aliphatic heterocycles. The number of rotatable bonds is 7. The summed E-state index contributed by atoms with van der Waals surface area (Å²) in [5.41, 5.74) is 5.40. The normalized spacial score (nSPS) is 11.2. The van der Waals surface area contributed by atoms with Crippen LogP contribution in [0.5, 0.6) is 0 Å². The molecule has 28 heavy (non-hydrogen) atoms. The van der Waals surface area contributed by atoms with E-state index in [1.165, 1.54) is 5.39 Å². The van der Waals surface area contributed by atoms with E-state index >= 15 is 0 Å². The number of alkyl halides is 2. The van der Waals surface area contributed by atoms with Gasteiger partial charge in [0.1, 0.15) is 0 Å². The van der Waals surface area contributed by atoms with Crippen LogP contribution in [0, 0.1) is 0 Å². The summed E-state index contributed by atoms with van der Waals surface area (Å²) >= 11 is 11.8. The Morgan fingerprint density at radius 2 is 1.71 bits per heavy atom. The molecule has 0 bridgehead atoms. The van der Waals surface area contributed by atoms with Gasteiger partial charge in [0, 0.05) is 66.4 Å². The predicted octanol–water partition coefficient (Wildman–Crippen LogP) is 5.75. The highest BCUT2D eigenvalue weighted by molar-refractivity contribution is 6.18. The van der Waals surface area contributed by atoms with Gasteiger partial charge in [-0.25, -0.2) is 0 Å². The van der Waals surface area contributed by atoms with Crippen molar-refractivity contribution in [3.05, 3.63) is 60.9 Å². The third kappa shape index (κ3) is 3.62. The van der Waals surface area contributed by atoms with Gasteiger partial charge in [-0.2, -0.15) is 0 Å². The zero-order valence-electron chi connectivity index (χ0n) is 15.7. The lowest BCUT2D eigenvalue weighted by Gasteiger charge is -2.23. The van der Waals surface area contributed by atoms with Crippen LogP contribution in [0.3, 0.4) is 0 Å². The molecule has 2 aromatic heterocycles. The monoisotopic (exact) mass is 412 g/mol. The van der Waals surface area contributed by atoms with Gasteiger partial charge in [-0.1, -0.05) is 0 Å². The molecule has 0 radical (unpaired) electrons. The third-order valence-electron chi connectivity index (χ3n) is 4.99. The van der Waals surface area contributed by atoms with Crippen molar-refractivity contribution in [3.8, 4) is 0 Å². The number of aromatic nitrogens is 2. The number of halogens is 2. The summed E-state index contributed by atoms with van der Waals surface area (Å²) in [6, 6.07) is 16.8. The zero-order chi connectivity index (χ0) is 19.5. The largest absolute Gasteiger partial charge is 0.369 e. The van der Waals surface area contributed by atoms with Gasteiger partial charge in [0.2, 0.25) is 0 Å². The topological polar surface area (TPSA) is 33.1 Å². The molecule has 2 heterocycles. The Balaban J connectivity index is 1.68. The SMILES string of the molecule is Cn1ccc(Nc2ccc(N(CCCl)CCCl)cc2)c2c3ccnc3ccc21. The number of anilines is 3. The summed E-state index contributed by atoms with van der Waals surface area (Å²) in [5.74, 6) is 1.15. The number of nitrogens with zero attached hydrogens (tertiary/aromatic N) is 3. The van der Waals surface area contributed by atoms with Gasteiger partial charge < -0.3 is 14.8 Å². The van der Waals surface area contributed by atoms with E-state index in [1.807, 2.05) is 6.20 Å². The quantitative estimate of drug-likeness (QED) is 0.392. The van der Waals surface area contributed by atoms with Crippen molar-refractivity contribution < 1.29 is 0 Å². The van der Waals surface area contributed by atoms with Crippen molar-refractivity contribution in [2.24, 2.45) is 7.05 Å². The first-order chi connectivity index (χ1) is 13.7. The van der Waals surface area contributed by atoms with Crippen LogP contribution in [0.4, 0.5) is 17.1 Å². The summed E-state index contributed by atoms with van der Waals surface area (Å²) in [5, 5.41) is 5.91. The van der Waals surface area contributed by atoms with Crippen LogP contribution in [-0.2, 0) is 7.05 Å². The van der Waals surface area contributed by atoms with E-state index in [2.05, 4.69) is 81.5 Å². The highest BCUT2D eigenvalue weighted by atomic mass is 35.5. The third-order valence-corrected chi connectivity index (χ3v) is 5.33. The molecular weight excluding hydrogens is 391 g/mol. The predicted molar refractivity (Wildman–Crippen MR) is 122 cm³/mol. The van der Waals surface area contributed by atoms with Gasteiger partial charge in [-0.3, -0.25) is 4.98 Å². The van der Waals surface area contributed by atoms with E-state index < -0.39 is 0 Å². The molecule has 0 aliphatic rings. The van der Waals surface area contributed by atoms with Gasteiger partial charge in [-0.15, -0.1) is 23.2 Å². The molecule has 6 heteroatoms. The number of nitrogens with one attached hydrogen (secondary N) is 1. The standard InChI is InChI=1S/C22H22Cl2N4/c1-27-13-9-20(22-18-8-12-25-19(18)6-7-21(22)27)26-16-2-4-17(5-3-16)28(14-10-23)15-11-24/h2-9,12-13,26H,10-11,14-15H2,1H3. The molecule has 2 aromatic carbocycles. The van der Waals surface area contributed by atoms with Crippen molar-refractivity contribution in [1.82, 2.24) is 9.55 Å². The van der Waals surface area contributed by atoms with Crippen LogP contribution in [0.15, 0.2) is 60.9 Å². The van der Waals surface area contributed by atoms with E-state index in [1.54, 1.807) is 0 Å². The minimum atomic E-state index is 0.577. The van der Waals surface area contributed by atoms with Crippen LogP contribution < -0.4 is 10.2 Å². The van der Waals surface area contributed by atoms with E-state index in [4.69, 9.17) is 23.2 Å². The van der Waals surface area contributed by atoms with Crippen molar-refractivity contribution >= 4 is 62.1 Å². The molecule has 0 spiro atoms. The van der Waals surface area contributed by atoms with Crippen molar-refractivity contribution in [3.63, 3.8) is 0 Å². The molecule has 1 N–H and O–H groups in total. The van der Waals surface area contributed by atoms with E-state index in [9.17, 15) is 0 Å². The molecule has 4 aromatic rings. The molecular formula is C22H22Cl2N4. The smallest absolute Gasteiger partial charge is 0.0710 e. The molecule has 0 aliphatic carbocycles. The van der Waals surface area contributed by atoms with E-state index in [0.717, 1.165) is 46.6 Å². The van der Waals surface area contributed by atoms with Gasteiger partial charge in [0.05, 0.1) is 16.7 Å². The Hall–Kier alpha value is -2.43. The molecule has 0 atom stereocenters. The summed E-state index contributed by atoms with van der Waals surface area (Å²) in [4.78, 5) is 6.64. The number of aryl methyl sites for hydroxylation is 1. The van der Waals surface area contributed by atoms with Gasteiger partial charge >= 0.3 is 0 Å². The number of hydrogen-bond donors (Lipinski definition) is 1. The number of hydrogen-bond acceptors (Lipinski definition) is 3. The molecule has 4 rings (SSSR count). The molecule has 0 amide bonds. The zero-order valence-corrected chi connectivity index (χ0v) is 17.2. The lowest BCUT2D eigenvalue weighted by molar-refractivity contribution is 0.874. The maximum Gasteiger partial charge on any atom is 0.0710 e. The Morgan fingerprint density at radius 3 is 2.43 bits per heavy atom. The maximum atomic E-state index is 5.92. The van der Waals surface area contributed by atoms with Crippen molar-refractivity contribution in [1.29, 1.82) is 0 Å². The van der Waals surface area contributed by atoms with Crippen molar-refractivity contribution in [2.75, 3.05) is 35.1 Å². The summed E-state index contributed by atoms with van der Waals surface area (Å²) < 4.78 is 2.13. The lowest BCUT2D eigenvalue weighted by atomic mass is 10.1. The highest BCUT2D eigenvalue weighted by Gasteiger charge is 2.10. The lowest BCUT2D eigenvalue weighted by Crippen LogP contribution is -2.27. The molecule has 4 nitrogen and oxygen atoms in total. The van der Waals surface area contributed by atoms with Gasteiger partial charge in [-0.05, 0) is 48.5 Å². The number of fused-ring (bicyclic) bond motifs is 3. The first kappa shape index (κ1) is 18.9. The first-order valence-corrected chi connectivity index (χ1v) is 10.3. The Labute approximate surface area is 174 Å². The Morgan fingerprint density at radius 1 is 0.964 bits per heavy atom. The fraction of sp³-hybridized carbons (Fsp3) is 0.227. The van der Waals surface area contributed by atoms with Gasteiger partial charge in [0.25, 0.3) is 0 Å². The number of pyridine rings is 1. The second kappa shape index (κ2) is 8.29. The summed E-state index contributed by atoms with van der Waals surface area (Å²) in [6.07, 6.45) is 3.93. The fourth-order valence-corrected chi connectivity index (χ4v) is 3.99. The Bertz CT molecular complexity index is 1080. The molecule has 0 fully saturated rings. The van der Waals surface area contributed by atoms with Crippen molar-refractivity contribution in [2.45, 2.75) is 0 Å². The van der Waals surface area contributed by atoms with Crippen LogP contribution in [0.2, 0.25) is 0 Å². The summed E-state index contributed by atoms with van der Waals surface area (Å²) in [7, 11) is 2.06. The molecule has 0 unspecified atom stereocenters. The maximum absolute atomic E-state index is 5.92. The van der Waals surface area contributed by atoms with E-state index in [-0.39, 0.29) is 0 Å².